The Morgan fingerprint density at radius 1 is 1.04 bits per heavy atom. The Hall–Kier alpha value is -4.28. The molecule has 45 heavy (non-hydrogen) atoms. The molecule has 2 N–H and O–H groups in total. The molecule has 0 unspecified atom stereocenters. The van der Waals surface area contributed by atoms with Crippen LogP contribution in [0.15, 0.2) is 46.2 Å². The number of hydrogen-bond donors (Lipinski definition) is 2. The fourth-order valence-electron chi connectivity index (χ4n) is 6.42. The Labute approximate surface area is 265 Å². The van der Waals surface area contributed by atoms with Gasteiger partial charge in [-0.3, -0.25) is 14.4 Å². The number of piperazine rings is 1. The predicted octanol–water partition coefficient (Wildman–Crippen LogP) is 4.36. The van der Waals surface area contributed by atoms with Crippen molar-refractivity contribution < 1.29 is 18.8 Å². The van der Waals surface area contributed by atoms with Gasteiger partial charge in [0.2, 0.25) is 5.91 Å². The zero-order chi connectivity index (χ0) is 31.5. The molecule has 11 nitrogen and oxygen atoms in total. The third-order valence-electron chi connectivity index (χ3n) is 9.19. The predicted molar refractivity (Wildman–Crippen MR) is 175 cm³/mol. The number of allylic oxidation sites excluding steroid dienone is 3. The number of carbonyl (C=O) groups is 3. The van der Waals surface area contributed by atoms with Crippen molar-refractivity contribution in [2.24, 2.45) is 0 Å². The van der Waals surface area contributed by atoms with Gasteiger partial charge in [-0.15, -0.1) is 0 Å². The van der Waals surface area contributed by atoms with Crippen LogP contribution in [0.5, 0.6) is 0 Å². The number of carbonyl (C=O) groups excluding carboxylic acids is 3. The number of nitrogens with one attached hydrogen (secondary N) is 2. The Kier molecular flexibility index (Phi) is 9.14. The van der Waals surface area contributed by atoms with Crippen LogP contribution < -0.4 is 20.4 Å². The summed E-state index contributed by atoms with van der Waals surface area (Å²) in [7, 11) is 3.84. The van der Waals surface area contributed by atoms with E-state index in [1.165, 1.54) is 17.5 Å². The summed E-state index contributed by atoms with van der Waals surface area (Å²) in [6, 6.07) is 3.79. The van der Waals surface area contributed by atoms with Gasteiger partial charge >= 0.3 is 0 Å². The number of likely N-dealkylation sites (tertiary alicyclic amines) is 1. The van der Waals surface area contributed by atoms with Crippen LogP contribution in [0.25, 0.3) is 0 Å². The summed E-state index contributed by atoms with van der Waals surface area (Å²) < 4.78 is 5.59. The molecule has 2 aliphatic carbocycles. The maximum absolute atomic E-state index is 13.6. The normalized spacial score (nSPS) is 18.6. The molecule has 2 saturated heterocycles. The van der Waals surface area contributed by atoms with Gasteiger partial charge in [-0.05, 0) is 69.2 Å². The van der Waals surface area contributed by atoms with Crippen molar-refractivity contribution in [3.63, 3.8) is 0 Å². The van der Waals surface area contributed by atoms with E-state index in [1.54, 1.807) is 6.07 Å². The minimum absolute atomic E-state index is 0.187. The quantitative estimate of drug-likeness (QED) is 0.359. The second-order valence-electron chi connectivity index (χ2n) is 12.8. The molecule has 1 aromatic heterocycles. The highest BCUT2D eigenvalue weighted by Crippen LogP contribution is 2.40. The molecule has 4 aliphatic rings. The number of anilines is 3. The van der Waals surface area contributed by atoms with Gasteiger partial charge in [0.25, 0.3) is 11.8 Å². The summed E-state index contributed by atoms with van der Waals surface area (Å²) in [4.78, 5) is 51.9. The number of hydrogen-bond acceptors (Lipinski definition) is 8. The first-order chi connectivity index (χ1) is 21.8. The Morgan fingerprint density at radius 2 is 1.82 bits per heavy atom. The maximum atomic E-state index is 13.6. The third-order valence-corrected chi connectivity index (χ3v) is 9.19. The molecular formula is C34H45N7O4. The zero-order valence-corrected chi connectivity index (χ0v) is 26.7. The third kappa shape index (κ3) is 7.02. The van der Waals surface area contributed by atoms with Crippen molar-refractivity contribution in [3.05, 3.63) is 59.0 Å². The molecule has 3 fully saturated rings. The highest BCUT2D eigenvalue weighted by atomic mass is 16.3. The van der Waals surface area contributed by atoms with Gasteiger partial charge in [-0.1, -0.05) is 6.08 Å². The van der Waals surface area contributed by atoms with Crippen molar-refractivity contribution in [2.45, 2.75) is 57.8 Å². The van der Waals surface area contributed by atoms with Crippen LogP contribution in [-0.4, -0.2) is 92.4 Å². The molecule has 0 atom stereocenters. The van der Waals surface area contributed by atoms with Crippen LogP contribution in [0.2, 0.25) is 0 Å². The molecule has 0 spiro atoms. The highest BCUT2D eigenvalue weighted by Gasteiger charge is 2.30. The number of amides is 3. The fraction of sp³-hybridized carbons (Fsp3) is 0.529. The standard InChI is InChI=1S/C34H45N7O4/c1-23-8-4-5-9-28(23)39-16-18-40(19-17-39)30-21-29(38(2)3)25(32(43)35-13-7-15-41-14-6-10-31(41)42)20-26(30)36-33(44)27-22-45-34(37-27)24-11-12-24/h5,9,20-22,24H,4,6-8,10-19H2,1-3H3,(H,35,43)(H,36,44). The molecule has 240 valence electrons. The van der Waals surface area contributed by atoms with Crippen LogP contribution in [-0.2, 0) is 4.79 Å². The molecule has 0 radical (unpaired) electrons. The maximum Gasteiger partial charge on any atom is 0.277 e. The molecule has 6 rings (SSSR count). The molecular weight excluding hydrogens is 570 g/mol. The molecule has 11 heteroatoms. The van der Waals surface area contributed by atoms with E-state index >= 15 is 0 Å². The summed E-state index contributed by atoms with van der Waals surface area (Å²) in [5, 5.41) is 6.11. The monoisotopic (exact) mass is 615 g/mol. The van der Waals surface area contributed by atoms with E-state index in [-0.39, 0.29) is 23.4 Å². The summed E-state index contributed by atoms with van der Waals surface area (Å²) >= 11 is 0. The molecule has 1 saturated carbocycles. The lowest BCUT2D eigenvalue weighted by molar-refractivity contribution is -0.127. The number of aromatic nitrogens is 1. The van der Waals surface area contributed by atoms with E-state index in [9.17, 15) is 14.4 Å². The van der Waals surface area contributed by atoms with Crippen molar-refractivity contribution >= 4 is 34.8 Å². The molecule has 3 heterocycles. The van der Waals surface area contributed by atoms with Crippen molar-refractivity contribution in [1.82, 2.24) is 20.1 Å². The van der Waals surface area contributed by atoms with E-state index in [0.717, 1.165) is 76.2 Å². The van der Waals surface area contributed by atoms with Crippen molar-refractivity contribution in [3.8, 4) is 0 Å². The highest BCUT2D eigenvalue weighted by molar-refractivity contribution is 6.08. The van der Waals surface area contributed by atoms with Crippen LogP contribution in [0.1, 0.15) is 84.5 Å². The van der Waals surface area contributed by atoms with E-state index in [1.807, 2.05) is 30.0 Å². The SMILES string of the molecule is CC1=C(N2CCN(c3cc(N(C)C)c(C(=O)NCCCN4CCCC4=O)cc3NC(=O)c3coc(C4CC4)n3)CC2)C=CCC1. The summed E-state index contributed by atoms with van der Waals surface area (Å²) in [5.41, 5.74) is 5.66. The second-order valence-corrected chi connectivity index (χ2v) is 12.8. The van der Waals surface area contributed by atoms with Gasteiger partial charge in [-0.25, -0.2) is 4.98 Å². The fourth-order valence-corrected chi connectivity index (χ4v) is 6.42. The zero-order valence-electron chi connectivity index (χ0n) is 26.7. The second kappa shape index (κ2) is 13.4. The topological polar surface area (TPSA) is 114 Å². The van der Waals surface area contributed by atoms with Crippen LogP contribution in [0.4, 0.5) is 17.1 Å². The molecule has 0 bridgehead atoms. The average Bonchev–Trinajstić information content (AvgIpc) is 3.62. The summed E-state index contributed by atoms with van der Waals surface area (Å²) in [6.07, 6.45) is 12.4. The van der Waals surface area contributed by atoms with Crippen LogP contribution in [0.3, 0.4) is 0 Å². The number of benzene rings is 1. The van der Waals surface area contributed by atoms with Gasteiger partial charge < -0.3 is 34.7 Å². The van der Waals surface area contributed by atoms with Gasteiger partial charge in [0.15, 0.2) is 11.6 Å². The molecule has 1 aromatic carbocycles. The minimum atomic E-state index is -0.363. The lowest BCUT2D eigenvalue weighted by Gasteiger charge is -2.40. The summed E-state index contributed by atoms with van der Waals surface area (Å²) in [6.45, 7) is 7.36. The molecule has 2 aliphatic heterocycles. The Balaban J connectivity index is 1.23. The van der Waals surface area contributed by atoms with Gasteiger partial charge in [0.05, 0.1) is 22.6 Å². The van der Waals surface area contributed by atoms with Gasteiger partial charge in [0.1, 0.15) is 6.26 Å². The van der Waals surface area contributed by atoms with E-state index in [2.05, 4.69) is 44.5 Å². The van der Waals surface area contributed by atoms with Crippen molar-refractivity contribution in [2.75, 3.05) is 75.0 Å². The molecule has 2 aromatic rings. The van der Waals surface area contributed by atoms with E-state index in [4.69, 9.17) is 4.42 Å². The number of oxazole rings is 1. The summed E-state index contributed by atoms with van der Waals surface area (Å²) in [5.74, 6) is 0.512. The average molecular weight is 616 g/mol. The number of nitrogens with zero attached hydrogens (tertiary/aromatic N) is 5. The smallest absolute Gasteiger partial charge is 0.277 e. The van der Waals surface area contributed by atoms with E-state index in [0.29, 0.717) is 49.0 Å². The van der Waals surface area contributed by atoms with Crippen molar-refractivity contribution in [1.29, 1.82) is 0 Å². The van der Waals surface area contributed by atoms with E-state index < -0.39 is 0 Å². The lowest BCUT2D eigenvalue weighted by atomic mass is 10.0. The first-order valence-corrected chi connectivity index (χ1v) is 16.3. The van der Waals surface area contributed by atoms with Gasteiger partial charge in [-0.2, -0.15) is 0 Å². The van der Waals surface area contributed by atoms with Gasteiger partial charge in [0, 0.05) is 77.9 Å². The minimum Gasteiger partial charge on any atom is -0.448 e. The Bertz CT molecular complexity index is 1500. The van der Waals surface area contributed by atoms with Crippen LogP contribution in [0, 0.1) is 0 Å². The first kappa shape index (κ1) is 30.7. The molecule has 3 amide bonds. The lowest BCUT2D eigenvalue weighted by Crippen LogP contribution is -2.46. The first-order valence-electron chi connectivity index (χ1n) is 16.3. The Morgan fingerprint density at radius 3 is 2.51 bits per heavy atom. The van der Waals surface area contributed by atoms with Crippen LogP contribution >= 0.6 is 0 Å². The largest absolute Gasteiger partial charge is 0.448 e. The number of rotatable bonds is 11.